The average molecular weight is 443 g/mol. The highest BCUT2D eigenvalue weighted by molar-refractivity contribution is 6.19. The molecule has 34 heavy (non-hydrogen) atoms. The number of aromatic nitrogens is 1. The van der Waals surface area contributed by atoms with Gasteiger partial charge in [0.05, 0.1) is 16.6 Å². The highest BCUT2D eigenvalue weighted by atomic mass is 16.3. The summed E-state index contributed by atoms with van der Waals surface area (Å²) in [7, 11) is 0. The van der Waals surface area contributed by atoms with Crippen molar-refractivity contribution in [3.8, 4) is 5.69 Å². The van der Waals surface area contributed by atoms with Gasteiger partial charge in [0, 0.05) is 38.8 Å². The maximum atomic E-state index is 10.6. The molecule has 6 rings (SSSR count). The molecule has 1 aromatic heterocycles. The van der Waals surface area contributed by atoms with Gasteiger partial charge in [-0.1, -0.05) is 72.8 Å². The molecule has 0 aliphatic heterocycles. The molecule has 0 radical (unpaired) electrons. The molecular formula is C31H26N2O. The molecule has 2 N–H and O–H groups in total. The van der Waals surface area contributed by atoms with Crippen molar-refractivity contribution in [2.24, 2.45) is 0 Å². The lowest BCUT2D eigenvalue weighted by molar-refractivity contribution is 0.0794. The lowest BCUT2D eigenvalue weighted by atomic mass is 9.96. The van der Waals surface area contributed by atoms with E-state index in [1.807, 2.05) is 38.1 Å². The molecule has 6 aromatic rings. The van der Waals surface area contributed by atoms with Gasteiger partial charge in [0.2, 0.25) is 0 Å². The Morgan fingerprint density at radius 3 is 2.24 bits per heavy atom. The van der Waals surface area contributed by atoms with Crippen molar-refractivity contribution in [2.75, 3.05) is 5.32 Å². The average Bonchev–Trinajstić information content (AvgIpc) is 3.18. The largest absolute Gasteiger partial charge is 0.386 e. The maximum absolute atomic E-state index is 10.6. The predicted molar refractivity (Wildman–Crippen MR) is 143 cm³/mol. The number of para-hydroxylation sites is 2. The Balaban J connectivity index is 1.61. The fourth-order valence-electron chi connectivity index (χ4n) is 4.98. The van der Waals surface area contributed by atoms with Gasteiger partial charge < -0.3 is 15.0 Å². The molecule has 0 bridgehead atoms. The van der Waals surface area contributed by atoms with Gasteiger partial charge in [-0.15, -0.1) is 0 Å². The van der Waals surface area contributed by atoms with Gasteiger partial charge in [-0.25, -0.2) is 0 Å². The summed E-state index contributed by atoms with van der Waals surface area (Å²) in [6.07, 6.45) is 0. The van der Waals surface area contributed by atoms with Crippen molar-refractivity contribution in [3.63, 3.8) is 0 Å². The van der Waals surface area contributed by atoms with E-state index < -0.39 is 5.60 Å². The fourth-order valence-corrected chi connectivity index (χ4v) is 4.98. The van der Waals surface area contributed by atoms with Crippen LogP contribution in [0.25, 0.3) is 38.3 Å². The molecule has 0 spiro atoms. The third-order valence-corrected chi connectivity index (χ3v) is 6.53. The monoisotopic (exact) mass is 442 g/mol. The van der Waals surface area contributed by atoms with Gasteiger partial charge in [0.1, 0.15) is 0 Å². The molecule has 3 heteroatoms. The summed E-state index contributed by atoms with van der Waals surface area (Å²) >= 11 is 0. The van der Waals surface area contributed by atoms with Gasteiger partial charge in [-0.05, 0) is 55.6 Å². The Morgan fingerprint density at radius 1 is 0.676 bits per heavy atom. The van der Waals surface area contributed by atoms with Crippen molar-refractivity contribution in [1.82, 2.24) is 4.57 Å². The van der Waals surface area contributed by atoms with Crippen molar-refractivity contribution in [2.45, 2.75) is 19.4 Å². The highest BCUT2D eigenvalue weighted by Gasteiger charge is 2.20. The molecule has 3 nitrogen and oxygen atoms in total. The van der Waals surface area contributed by atoms with Crippen LogP contribution in [0, 0.1) is 0 Å². The maximum Gasteiger partial charge on any atom is 0.0860 e. The minimum atomic E-state index is -0.935. The zero-order valence-corrected chi connectivity index (χ0v) is 19.3. The summed E-state index contributed by atoms with van der Waals surface area (Å²) in [5.41, 5.74) is 5.36. The first-order valence-corrected chi connectivity index (χ1v) is 11.6. The second-order valence-corrected chi connectivity index (χ2v) is 9.32. The van der Waals surface area contributed by atoms with Crippen LogP contribution < -0.4 is 5.32 Å². The van der Waals surface area contributed by atoms with Crippen LogP contribution in [0.1, 0.15) is 19.4 Å². The molecule has 166 valence electrons. The van der Waals surface area contributed by atoms with E-state index in [4.69, 9.17) is 0 Å². The van der Waals surface area contributed by atoms with Crippen LogP contribution >= 0.6 is 0 Å². The van der Waals surface area contributed by atoms with Gasteiger partial charge in [0.15, 0.2) is 0 Å². The summed E-state index contributed by atoms with van der Waals surface area (Å²) in [5, 5.41) is 19.1. The summed E-state index contributed by atoms with van der Waals surface area (Å²) < 4.78 is 2.36. The third-order valence-electron chi connectivity index (χ3n) is 6.53. The highest BCUT2D eigenvalue weighted by Crippen LogP contribution is 2.38. The van der Waals surface area contributed by atoms with E-state index in [2.05, 4.69) is 94.8 Å². The van der Waals surface area contributed by atoms with Crippen LogP contribution in [0.5, 0.6) is 0 Å². The minimum Gasteiger partial charge on any atom is -0.386 e. The molecule has 0 saturated heterocycles. The Hall–Kier alpha value is -4.08. The molecule has 0 unspecified atom stereocenters. The molecule has 0 fully saturated rings. The van der Waals surface area contributed by atoms with Crippen molar-refractivity contribution in [3.05, 3.63) is 115 Å². The zero-order chi connectivity index (χ0) is 23.3. The zero-order valence-electron chi connectivity index (χ0n) is 19.3. The van der Waals surface area contributed by atoms with Gasteiger partial charge in [-0.3, -0.25) is 0 Å². The van der Waals surface area contributed by atoms with E-state index >= 15 is 0 Å². The van der Waals surface area contributed by atoms with E-state index in [-0.39, 0.29) is 0 Å². The molecule has 5 aromatic carbocycles. The third kappa shape index (κ3) is 3.33. The van der Waals surface area contributed by atoms with Gasteiger partial charge in [0.25, 0.3) is 0 Å². The first kappa shape index (κ1) is 20.5. The summed E-state index contributed by atoms with van der Waals surface area (Å²) in [5.74, 6) is 0. The number of hydrogen-bond donors (Lipinski definition) is 2. The second-order valence-electron chi connectivity index (χ2n) is 9.32. The first-order chi connectivity index (χ1) is 16.5. The number of nitrogens with one attached hydrogen (secondary N) is 1. The number of anilines is 2. The number of benzene rings is 5. The molecule has 0 aliphatic carbocycles. The number of rotatable bonds is 4. The molecule has 0 atom stereocenters. The Labute approximate surface area is 198 Å². The number of fused-ring (bicyclic) bond motifs is 5. The first-order valence-electron chi connectivity index (χ1n) is 11.6. The van der Waals surface area contributed by atoms with E-state index in [0.29, 0.717) is 0 Å². The Morgan fingerprint density at radius 2 is 1.41 bits per heavy atom. The Kier molecular flexibility index (Phi) is 4.68. The summed E-state index contributed by atoms with van der Waals surface area (Å²) in [6.45, 7) is 3.63. The van der Waals surface area contributed by atoms with Crippen molar-refractivity contribution >= 4 is 44.0 Å². The molecule has 1 heterocycles. The van der Waals surface area contributed by atoms with Crippen LogP contribution in [-0.2, 0) is 5.60 Å². The molecule has 0 amide bonds. The normalized spacial score (nSPS) is 12.0. The van der Waals surface area contributed by atoms with Crippen LogP contribution in [0.15, 0.2) is 109 Å². The topological polar surface area (TPSA) is 37.2 Å². The van der Waals surface area contributed by atoms with Crippen molar-refractivity contribution < 1.29 is 5.11 Å². The van der Waals surface area contributed by atoms with Crippen LogP contribution in [-0.4, -0.2) is 9.67 Å². The number of hydrogen-bond acceptors (Lipinski definition) is 2. The number of aliphatic hydroxyl groups is 1. The second kappa shape index (κ2) is 7.75. The lowest BCUT2D eigenvalue weighted by Gasteiger charge is -2.22. The summed E-state index contributed by atoms with van der Waals surface area (Å²) in [6, 6.07) is 38.0. The van der Waals surface area contributed by atoms with Gasteiger partial charge >= 0.3 is 0 Å². The standard InChI is InChI=1S/C31H26N2O/c1-31(2,34)27-14-8-9-15-28(27)32-22-17-19-29-26(20-22)25-18-16-21-10-6-7-13-24(21)30(25)33(29)23-11-4-3-5-12-23/h3-20,32,34H,1-2H3. The fraction of sp³-hybridized carbons (Fsp3) is 0.0968. The lowest BCUT2D eigenvalue weighted by Crippen LogP contribution is -2.17. The van der Waals surface area contributed by atoms with Crippen LogP contribution in [0.4, 0.5) is 11.4 Å². The summed E-state index contributed by atoms with van der Waals surface area (Å²) in [4.78, 5) is 0. The van der Waals surface area contributed by atoms with Crippen LogP contribution in [0.2, 0.25) is 0 Å². The SMILES string of the molecule is CC(C)(O)c1ccccc1Nc1ccc2c(c1)c1ccc3ccccc3c1n2-c1ccccc1. The van der Waals surface area contributed by atoms with E-state index in [9.17, 15) is 5.11 Å². The van der Waals surface area contributed by atoms with Crippen LogP contribution in [0.3, 0.4) is 0 Å². The van der Waals surface area contributed by atoms with E-state index in [1.54, 1.807) is 0 Å². The molecular weight excluding hydrogens is 416 g/mol. The molecule has 0 saturated carbocycles. The smallest absolute Gasteiger partial charge is 0.0860 e. The van der Waals surface area contributed by atoms with E-state index in [0.717, 1.165) is 22.6 Å². The Bertz CT molecular complexity index is 1660. The van der Waals surface area contributed by atoms with Gasteiger partial charge in [-0.2, -0.15) is 0 Å². The van der Waals surface area contributed by atoms with E-state index in [1.165, 1.54) is 32.6 Å². The number of nitrogens with zero attached hydrogens (tertiary/aromatic N) is 1. The van der Waals surface area contributed by atoms with Crippen molar-refractivity contribution in [1.29, 1.82) is 0 Å². The minimum absolute atomic E-state index is 0.868. The molecule has 0 aliphatic rings. The quantitative estimate of drug-likeness (QED) is 0.291. The predicted octanol–water partition coefficient (Wildman–Crippen LogP) is 7.91.